The maximum atomic E-state index is 10.4. The van der Waals surface area contributed by atoms with Crippen LogP contribution < -0.4 is 0 Å². The van der Waals surface area contributed by atoms with Gasteiger partial charge in [0.15, 0.2) is 0 Å². The topological polar surface area (TPSA) is 56.2 Å². The van der Waals surface area contributed by atoms with Gasteiger partial charge in [0, 0.05) is 39.3 Å². The lowest BCUT2D eigenvalue weighted by molar-refractivity contribution is -0.0755. The summed E-state index contributed by atoms with van der Waals surface area (Å²) in [7, 11) is 0. The van der Waals surface area contributed by atoms with Crippen molar-refractivity contribution in [1.29, 1.82) is 0 Å². The first-order valence-electron chi connectivity index (χ1n) is 9.84. The van der Waals surface area contributed by atoms with Gasteiger partial charge >= 0.3 is 0 Å². The van der Waals surface area contributed by atoms with E-state index in [2.05, 4.69) is 30.6 Å². The summed E-state index contributed by atoms with van der Waals surface area (Å²) < 4.78 is 6.17. The lowest BCUT2D eigenvalue weighted by atomic mass is 9.75. The highest BCUT2D eigenvalue weighted by Gasteiger charge is 2.32. The van der Waals surface area contributed by atoms with Crippen molar-refractivity contribution < 1.29 is 14.9 Å². The summed E-state index contributed by atoms with van der Waals surface area (Å²) in [5.74, 6) is 2.02. The molecule has 0 aromatic carbocycles. The van der Waals surface area contributed by atoms with Gasteiger partial charge in [0.25, 0.3) is 0 Å². The zero-order valence-electron chi connectivity index (χ0n) is 16.7. The van der Waals surface area contributed by atoms with E-state index >= 15 is 0 Å². The van der Waals surface area contributed by atoms with Gasteiger partial charge in [-0.15, -0.1) is 24.8 Å². The first kappa shape index (κ1) is 26.4. The second-order valence-electron chi connectivity index (χ2n) is 8.22. The zero-order valence-corrected chi connectivity index (χ0v) is 18.3. The molecule has 4 atom stereocenters. The molecule has 158 valence electrons. The first-order chi connectivity index (χ1) is 11.5. The highest BCUT2D eigenvalue weighted by Crippen LogP contribution is 2.35. The van der Waals surface area contributed by atoms with Gasteiger partial charge in [0.1, 0.15) is 0 Å². The van der Waals surface area contributed by atoms with E-state index in [9.17, 15) is 5.11 Å². The van der Waals surface area contributed by atoms with Crippen LogP contribution in [0.2, 0.25) is 0 Å². The highest BCUT2D eigenvalue weighted by atomic mass is 35.5. The van der Waals surface area contributed by atoms with E-state index in [0.29, 0.717) is 31.1 Å². The molecule has 1 heterocycles. The van der Waals surface area contributed by atoms with Gasteiger partial charge < -0.3 is 14.9 Å². The predicted molar refractivity (Wildman–Crippen MR) is 112 cm³/mol. The summed E-state index contributed by atoms with van der Waals surface area (Å²) in [5.41, 5.74) is 0. The second-order valence-corrected chi connectivity index (χ2v) is 8.22. The van der Waals surface area contributed by atoms with E-state index in [-0.39, 0.29) is 31.4 Å². The Morgan fingerprint density at radius 3 is 2.23 bits per heavy atom. The monoisotopic (exact) mass is 414 g/mol. The van der Waals surface area contributed by atoms with E-state index in [0.717, 1.165) is 45.1 Å². The van der Waals surface area contributed by atoms with Crippen LogP contribution in [0.5, 0.6) is 0 Å². The summed E-state index contributed by atoms with van der Waals surface area (Å²) in [6.07, 6.45) is 3.61. The van der Waals surface area contributed by atoms with Crippen LogP contribution in [0, 0.1) is 17.8 Å². The lowest BCUT2D eigenvalue weighted by Crippen LogP contribution is -2.49. The number of hydrogen-bond acceptors (Lipinski definition) is 5. The molecule has 2 N–H and O–H groups in total. The Hall–Kier alpha value is 0.380. The number of piperazine rings is 1. The Kier molecular flexibility index (Phi) is 13.7. The van der Waals surface area contributed by atoms with E-state index < -0.39 is 6.10 Å². The van der Waals surface area contributed by atoms with Crippen molar-refractivity contribution in [3.05, 3.63) is 0 Å². The van der Waals surface area contributed by atoms with Crippen molar-refractivity contribution in [2.75, 3.05) is 52.5 Å². The van der Waals surface area contributed by atoms with Crippen LogP contribution in [0.1, 0.15) is 40.0 Å². The molecule has 1 saturated carbocycles. The zero-order chi connectivity index (χ0) is 17.5. The van der Waals surface area contributed by atoms with Crippen molar-refractivity contribution in [3.63, 3.8) is 0 Å². The van der Waals surface area contributed by atoms with E-state index in [1.165, 1.54) is 12.8 Å². The normalized spacial score (nSPS) is 29.1. The van der Waals surface area contributed by atoms with Crippen molar-refractivity contribution in [2.45, 2.75) is 52.2 Å². The smallest absolute Gasteiger partial charge is 0.0900 e. The van der Waals surface area contributed by atoms with Crippen molar-refractivity contribution in [2.24, 2.45) is 17.8 Å². The van der Waals surface area contributed by atoms with Gasteiger partial charge in [-0.05, 0) is 30.6 Å². The molecule has 0 bridgehead atoms. The minimum absolute atomic E-state index is 0. The Balaban J connectivity index is 0.00000312. The van der Waals surface area contributed by atoms with E-state index in [1.807, 2.05) is 0 Å². The van der Waals surface area contributed by atoms with Crippen LogP contribution in [0.3, 0.4) is 0 Å². The third kappa shape index (κ3) is 8.59. The fourth-order valence-electron chi connectivity index (χ4n) is 4.23. The number of aliphatic hydroxyl groups is 2. The largest absolute Gasteiger partial charge is 0.395 e. The van der Waals surface area contributed by atoms with Crippen molar-refractivity contribution in [1.82, 2.24) is 9.80 Å². The van der Waals surface area contributed by atoms with Gasteiger partial charge in [-0.25, -0.2) is 0 Å². The maximum absolute atomic E-state index is 10.4. The Morgan fingerprint density at radius 1 is 1.04 bits per heavy atom. The van der Waals surface area contributed by atoms with Crippen LogP contribution >= 0.6 is 24.8 Å². The third-order valence-electron chi connectivity index (χ3n) is 5.81. The van der Waals surface area contributed by atoms with Crippen LogP contribution in [0.4, 0.5) is 0 Å². The van der Waals surface area contributed by atoms with E-state index in [4.69, 9.17) is 9.84 Å². The summed E-state index contributed by atoms with van der Waals surface area (Å²) in [4.78, 5) is 4.58. The molecule has 2 aliphatic rings. The standard InChI is InChI=1S/C19H38N2O3.2ClH/c1-15(2)18-5-4-16(3)12-19(18)24-14-17(23)13-21-8-6-20(7-9-21)10-11-22;;/h15-19,22-23H,4-14H2,1-3H3;2*1H. The van der Waals surface area contributed by atoms with Gasteiger partial charge in [-0.1, -0.05) is 27.2 Å². The van der Waals surface area contributed by atoms with Crippen molar-refractivity contribution in [3.8, 4) is 0 Å². The Morgan fingerprint density at radius 2 is 1.65 bits per heavy atom. The van der Waals surface area contributed by atoms with Gasteiger partial charge in [-0.3, -0.25) is 9.80 Å². The highest BCUT2D eigenvalue weighted by molar-refractivity contribution is 5.85. The maximum Gasteiger partial charge on any atom is 0.0900 e. The SMILES string of the molecule is CC1CCC(C(C)C)C(OCC(O)CN2CCN(CCO)CC2)C1.Cl.Cl. The number of halogens is 2. The Labute approximate surface area is 172 Å². The molecule has 2 fully saturated rings. The quantitative estimate of drug-likeness (QED) is 0.637. The minimum atomic E-state index is -0.403. The van der Waals surface area contributed by atoms with Crippen LogP contribution in [0.15, 0.2) is 0 Å². The molecule has 4 unspecified atom stereocenters. The second kappa shape index (κ2) is 13.5. The number of hydrogen-bond donors (Lipinski definition) is 2. The van der Waals surface area contributed by atoms with Crippen LogP contribution in [0.25, 0.3) is 0 Å². The molecule has 0 spiro atoms. The summed E-state index contributed by atoms with van der Waals surface area (Å²) in [5, 5.41) is 19.4. The molecule has 1 aliphatic heterocycles. The molecular formula is C19H40Cl2N2O3. The van der Waals surface area contributed by atoms with Gasteiger partial charge in [0.05, 0.1) is 25.4 Å². The molecular weight excluding hydrogens is 375 g/mol. The van der Waals surface area contributed by atoms with Crippen LogP contribution in [-0.4, -0.2) is 84.7 Å². The lowest BCUT2D eigenvalue weighted by Gasteiger charge is -2.38. The van der Waals surface area contributed by atoms with Crippen molar-refractivity contribution >= 4 is 24.8 Å². The average molecular weight is 415 g/mol. The fraction of sp³-hybridized carbons (Fsp3) is 1.00. The fourth-order valence-corrected chi connectivity index (χ4v) is 4.23. The summed E-state index contributed by atoms with van der Waals surface area (Å²) >= 11 is 0. The number of aliphatic hydroxyl groups excluding tert-OH is 2. The predicted octanol–water partition coefficient (Wildman–Crippen LogP) is 2.28. The number of β-amino-alcohol motifs (C(OH)–C–C–N with tert-alkyl or cyclic N) is 2. The number of ether oxygens (including phenoxy) is 1. The molecule has 1 saturated heterocycles. The van der Waals surface area contributed by atoms with E-state index in [1.54, 1.807) is 0 Å². The average Bonchev–Trinajstić information content (AvgIpc) is 2.55. The summed E-state index contributed by atoms with van der Waals surface area (Å²) in [6.45, 7) is 12.9. The third-order valence-corrected chi connectivity index (χ3v) is 5.81. The van der Waals surface area contributed by atoms with Gasteiger partial charge in [0.2, 0.25) is 0 Å². The van der Waals surface area contributed by atoms with Crippen LogP contribution in [-0.2, 0) is 4.74 Å². The summed E-state index contributed by atoms with van der Waals surface area (Å²) in [6, 6.07) is 0. The first-order valence-corrected chi connectivity index (χ1v) is 9.84. The molecule has 0 amide bonds. The molecule has 26 heavy (non-hydrogen) atoms. The number of nitrogens with zero attached hydrogens (tertiary/aromatic N) is 2. The molecule has 5 nitrogen and oxygen atoms in total. The molecule has 0 radical (unpaired) electrons. The molecule has 2 rings (SSSR count). The van der Waals surface area contributed by atoms with Gasteiger partial charge in [-0.2, -0.15) is 0 Å². The molecule has 1 aliphatic carbocycles. The molecule has 0 aromatic rings. The number of rotatable bonds is 8. The Bertz CT molecular complexity index is 356. The minimum Gasteiger partial charge on any atom is -0.395 e. The molecule has 0 aromatic heterocycles. The molecule has 7 heteroatoms.